The Morgan fingerprint density at radius 3 is 2.56 bits per heavy atom. The van der Waals surface area contributed by atoms with Crippen LogP contribution < -0.4 is 5.73 Å². The molecule has 3 heteroatoms. The summed E-state index contributed by atoms with van der Waals surface area (Å²) in [5.74, 6) is 0.679. The fourth-order valence-electron chi connectivity index (χ4n) is 2.27. The number of esters is 1. The average Bonchev–Trinajstić information content (AvgIpc) is 2.21. The summed E-state index contributed by atoms with van der Waals surface area (Å²) < 4.78 is 5.44. The Labute approximate surface area is 98.7 Å². The van der Waals surface area contributed by atoms with Crippen LogP contribution >= 0.6 is 0 Å². The maximum atomic E-state index is 11.6. The number of ether oxygens (including phenoxy) is 1. The van der Waals surface area contributed by atoms with E-state index in [0.29, 0.717) is 6.42 Å². The number of hydrogen-bond donors (Lipinski definition) is 1. The topological polar surface area (TPSA) is 52.3 Å². The smallest absolute Gasteiger partial charge is 0.307 e. The highest BCUT2D eigenvalue weighted by molar-refractivity contribution is 5.70. The predicted molar refractivity (Wildman–Crippen MR) is 65.0 cm³/mol. The lowest BCUT2D eigenvalue weighted by atomic mass is 9.89. The Morgan fingerprint density at radius 2 is 2.00 bits per heavy atom. The van der Waals surface area contributed by atoms with Crippen molar-refractivity contribution >= 4 is 5.97 Å². The Morgan fingerprint density at radius 1 is 1.38 bits per heavy atom. The molecule has 0 heterocycles. The van der Waals surface area contributed by atoms with E-state index < -0.39 is 0 Å². The van der Waals surface area contributed by atoms with Gasteiger partial charge in [-0.1, -0.05) is 20.3 Å². The molecule has 16 heavy (non-hydrogen) atoms. The van der Waals surface area contributed by atoms with Crippen molar-refractivity contribution in [3.8, 4) is 0 Å². The molecule has 1 fully saturated rings. The van der Waals surface area contributed by atoms with Gasteiger partial charge in [-0.25, -0.2) is 0 Å². The zero-order chi connectivity index (χ0) is 12.0. The monoisotopic (exact) mass is 227 g/mol. The summed E-state index contributed by atoms with van der Waals surface area (Å²) in [5.41, 5.74) is 5.81. The van der Waals surface area contributed by atoms with Gasteiger partial charge in [0.15, 0.2) is 0 Å². The van der Waals surface area contributed by atoms with Crippen molar-refractivity contribution < 1.29 is 9.53 Å². The maximum absolute atomic E-state index is 11.6. The normalized spacial score (nSPS) is 27.4. The van der Waals surface area contributed by atoms with E-state index in [1.165, 1.54) is 12.8 Å². The molecule has 94 valence electrons. The van der Waals surface area contributed by atoms with Gasteiger partial charge in [-0.3, -0.25) is 4.79 Å². The Bertz CT molecular complexity index is 210. The number of carbonyl (C=O) groups excluding carboxylic acids is 1. The van der Waals surface area contributed by atoms with Crippen LogP contribution in [0.5, 0.6) is 0 Å². The van der Waals surface area contributed by atoms with E-state index in [0.717, 1.165) is 31.6 Å². The SMILES string of the molecule is CCCC(N)CC(=O)OC1CCC(C)CC1. The van der Waals surface area contributed by atoms with Gasteiger partial charge in [0.1, 0.15) is 6.10 Å². The predicted octanol–water partition coefficient (Wildman–Crippen LogP) is 2.63. The van der Waals surface area contributed by atoms with Crippen LogP contribution in [0.25, 0.3) is 0 Å². The van der Waals surface area contributed by atoms with Gasteiger partial charge in [0, 0.05) is 6.04 Å². The van der Waals surface area contributed by atoms with Gasteiger partial charge < -0.3 is 10.5 Å². The van der Waals surface area contributed by atoms with Gasteiger partial charge in [-0.05, 0) is 38.0 Å². The summed E-state index contributed by atoms with van der Waals surface area (Å²) in [6.45, 7) is 4.34. The average molecular weight is 227 g/mol. The molecule has 0 aromatic heterocycles. The van der Waals surface area contributed by atoms with Crippen molar-refractivity contribution in [1.29, 1.82) is 0 Å². The van der Waals surface area contributed by atoms with E-state index in [2.05, 4.69) is 13.8 Å². The molecule has 2 N–H and O–H groups in total. The van der Waals surface area contributed by atoms with Crippen molar-refractivity contribution in [1.82, 2.24) is 0 Å². The fraction of sp³-hybridized carbons (Fsp3) is 0.923. The molecule has 1 unspecified atom stereocenters. The minimum Gasteiger partial charge on any atom is -0.462 e. The molecule has 3 nitrogen and oxygen atoms in total. The van der Waals surface area contributed by atoms with Crippen LogP contribution in [-0.2, 0) is 9.53 Å². The van der Waals surface area contributed by atoms with Gasteiger partial charge in [-0.15, -0.1) is 0 Å². The standard InChI is InChI=1S/C13H25NO2/c1-3-4-11(14)9-13(15)16-12-7-5-10(2)6-8-12/h10-12H,3-9,14H2,1-2H3. The Hall–Kier alpha value is -0.570. The summed E-state index contributed by atoms with van der Waals surface area (Å²) in [6.07, 6.45) is 6.85. The number of hydrogen-bond acceptors (Lipinski definition) is 3. The molecule has 1 saturated carbocycles. The van der Waals surface area contributed by atoms with Crippen LogP contribution in [0.4, 0.5) is 0 Å². The highest BCUT2D eigenvalue weighted by Gasteiger charge is 2.22. The summed E-state index contributed by atoms with van der Waals surface area (Å²) in [5, 5.41) is 0. The third-order valence-corrected chi connectivity index (χ3v) is 3.35. The summed E-state index contributed by atoms with van der Waals surface area (Å²) in [7, 11) is 0. The molecule has 0 aromatic rings. The number of nitrogens with two attached hydrogens (primary N) is 1. The second kappa shape index (κ2) is 6.89. The van der Waals surface area contributed by atoms with E-state index in [9.17, 15) is 4.79 Å². The van der Waals surface area contributed by atoms with Crippen molar-refractivity contribution in [3.63, 3.8) is 0 Å². The highest BCUT2D eigenvalue weighted by Crippen LogP contribution is 2.25. The zero-order valence-corrected chi connectivity index (χ0v) is 10.6. The molecule has 0 aromatic carbocycles. The first-order valence-electron chi connectivity index (χ1n) is 6.56. The quantitative estimate of drug-likeness (QED) is 0.735. The molecule has 0 radical (unpaired) electrons. The van der Waals surface area contributed by atoms with E-state index in [1.54, 1.807) is 0 Å². The zero-order valence-electron chi connectivity index (χ0n) is 10.6. The Kier molecular flexibility index (Phi) is 5.81. The summed E-state index contributed by atoms with van der Waals surface area (Å²) >= 11 is 0. The van der Waals surface area contributed by atoms with E-state index >= 15 is 0 Å². The van der Waals surface area contributed by atoms with Gasteiger partial charge >= 0.3 is 5.97 Å². The van der Waals surface area contributed by atoms with E-state index in [-0.39, 0.29) is 18.1 Å². The van der Waals surface area contributed by atoms with Crippen LogP contribution in [-0.4, -0.2) is 18.1 Å². The number of carbonyl (C=O) groups is 1. The number of rotatable bonds is 5. The first kappa shape index (κ1) is 13.5. The molecule has 0 spiro atoms. The van der Waals surface area contributed by atoms with E-state index in [1.807, 2.05) is 0 Å². The molecule has 1 rings (SSSR count). The van der Waals surface area contributed by atoms with Crippen LogP contribution in [0.2, 0.25) is 0 Å². The largest absolute Gasteiger partial charge is 0.462 e. The molecule has 1 aliphatic rings. The first-order chi connectivity index (χ1) is 7.61. The maximum Gasteiger partial charge on any atom is 0.307 e. The minimum atomic E-state index is -0.111. The van der Waals surface area contributed by atoms with Crippen molar-refractivity contribution in [2.75, 3.05) is 0 Å². The second-order valence-corrected chi connectivity index (χ2v) is 5.12. The summed E-state index contributed by atoms with van der Waals surface area (Å²) in [4.78, 5) is 11.6. The lowest BCUT2D eigenvalue weighted by molar-refractivity contribution is -0.151. The molecule has 1 atom stereocenters. The molecule has 0 aliphatic heterocycles. The molecular formula is C13H25NO2. The lowest BCUT2D eigenvalue weighted by Crippen LogP contribution is -2.29. The van der Waals surface area contributed by atoms with Gasteiger partial charge in [0.25, 0.3) is 0 Å². The van der Waals surface area contributed by atoms with Crippen LogP contribution in [0, 0.1) is 5.92 Å². The minimum absolute atomic E-state index is 0.0278. The third kappa shape index (κ3) is 4.97. The molecule has 1 aliphatic carbocycles. The second-order valence-electron chi connectivity index (χ2n) is 5.12. The van der Waals surface area contributed by atoms with Gasteiger partial charge in [0.2, 0.25) is 0 Å². The van der Waals surface area contributed by atoms with Crippen LogP contribution in [0.3, 0.4) is 0 Å². The van der Waals surface area contributed by atoms with Crippen LogP contribution in [0.1, 0.15) is 58.8 Å². The summed E-state index contributed by atoms with van der Waals surface area (Å²) in [6, 6.07) is -0.0278. The van der Waals surface area contributed by atoms with Crippen molar-refractivity contribution in [2.45, 2.75) is 70.9 Å². The van der Waals surface area contributed by atoms with Crippen LogP contribution in [0.15, 0.2) is 0 Å². The lowest BCUT2D eigenvalue weighted by Gasteiger charge is -2.26. The molecule has 0 bridgehead atoms. The first-order valence-corrected chi connectivity index (χ1v) is 6.56. The van der Waals surface area contributed by atoms with Crippen molar-refractivity contribution in [3.05, 3.63) is 0 Å². The van der Waals surface area contributed by atoms with Gasteiger partial charge in [-0.2, -0.15) is 0 Å². The highest BCUT2D eigenvalue weighted by atomic mass is 16.5. The fourth-order valence-corrected chi connectivity index (χ4v) is 2.27. The van der Waals surface area contributed by atoms with Crippen molar-refractivity contribution in [2.24, 2.45) is 11.7 Å². The van der Waals surface area contributed by atoms with E-state index in [4.69, 9.17) is 10.5 Å². The molecule has 0 amide bonds. The van der Waals surface area contributed by atoms with Gasteiger partial charge in [0.05, 0.1) is 6.42 Å². The Balaban J connectivity index is 2.18. The third-order valence-electron chi connectivity index (χ3n) is 3.35. The molecule has 0 saturated heterocycles. The molecular weight excluding hydrogens is 202 g/mol.